The topological polar surface area (TPSA) is 66.4 Å². The van der Waals surface area contributed by atoms with E-state index in [1.807, 2.05) is 20.8 Å². The molecule has 0 aliphatic heterocycles. The first kappa shape index (κ1) is 12.8. The molecule has 0 saturated carbocycles. The van der Waals surface area contributed by atoms with Gasteiger partial charge in [0.1, 0.15) is 11.9 Å². The summed E-state index contributed by atoms with van der Waals surface area (Å²) in [6, 6.07) is 0. The van der Waals surface area contributed by atoms with Gasteiger partial charge in [-0.2, -0.15) is 8.42 Å². The molecule has 0 aliphatic carbocycles. The molecule has 0 aromatic rings. The zero-order chi connectivity index (χ0) is 10.7. The first-order chi connectivity index (χ1) is 5.60. The Bertz CT molecular complexity index is 245. The van der Waals surface area contributed by atoms with Gasteiger partial charge >= 0.3 is 0 Å². The highest BCUT2D eigenvalue weighted by atomic mass is 32.2. The molecule has 4 nitrogen and oxygen atoms in total. The van der Waals surface area contributed by atoms with E-state index in [0.717, 1.165) is 0 Å². The summed E-state index contributed by atoms with van der Waals surface area (Å²) in [5.74, 6) is -0.851. The summed E-state index contributed by atoms with van der Waals surface area (Å²) in [7, 11) is -4.21. The van der Waals surface area contributed by atoms with Crippen LogP contribution in [0.15, 0.2) is 0 Å². The van der Waals surface area contributed by atoms with E-state index >= 15 is 0 Å². The predicted octanol–water partition coefficient (Wildman–Crippen LogP) is 0.600. The van der Waals surface area contributed by atoms with E-state index in [9.17, 15) is 12.8 Å². The van der Waals surface area contributed by atoms with Crippen molar-refractivity contribution in [2.45, 2.75) is 32.5 Å². The van der Waals surface area contributed by atoms with Crippen LogP contribution in [0, 0.1) is 0 Å². The lowest BCUT2D eigenvalue weighted by Crippen LogP contribution is -2.41. The minimum absolute atomic E-state index is 0.0801. The highest BCUT2D eigenvalue weighted by molar-refractivity contribution is 7.85. The van der Waals surface area contributed by atoms with Gasteiger partial charge in [-0.05, 0) is 20.8 Å². The molecule has 0 aromatic heterocycles. The predicted molar refractivity (Wildman–Crippen MR) is 49.1 cm³/mol. The van der Waals surface area contributed by atoms with E-state index in [1.54, 1.807) is 0 Å². The van der Waals surface area contributed by atoms with E-state index in [-0.39, 0.29) is 12.1 Å². The molecule has 1 atom stereocenters. The quantitative estimate of drug-likeness (QED) is 0.671. The molecule has 0 heterocycles. The molecule has 0 aliphatic rings. The number of halogens is 1. The summed E-state index contributed by atoms with van der Waals surface area (Å²) in [5, 5.41) is 2.79. The molecule has 0 rings (SSSR count). The maximum absolute atomic E-state index is 12.8. The molecule has 0 spiro atoms. The number of alkyl halides is 1. The van der Waals surface area contributed by atoms with Crippen molar-refractivity contribution >= 4 is 10.1 Å². The standard InChI is InChI=1S/C7H16FNO3S/c1-7(2,3)9-4-6(8)5-13(10,11)12/h6,9H,4-5H2,1-3H3,(H,10,11,12)/t6-/m1/s1. The fourth-order valence-corrected chi connectivity index (χ4v) is 1.28. The van der Waals surface area contributed by atoms with Gasteiger partial charge in [0, 0.05) is 12.1 Å². The van der Waals surface area contributed by atoms with Gasteiger partial charge in [0.25, 0.3) is 10.1 Å². The van der Waals surface area contributed by atoms with Crippen molar-refractivity contribution < 1.29 is 17.4 Å². The zero-order valence-corrected chi connectivity index (χ0v) is 8.86. The summed E-state index contributed by atoms with van der Waals surface area (Å²) < 4.78 is 41.7. The average molecular weight is 213 g/mol. The SMILES string of the molecule is CC(C)(C)NC[C@@H](F)CS(=O)(=O)O. The Labute approximate surface area is 78.3 Å². The van der Waals surface area contributed by atoms with E-state index in [2.05, 4.69) is 5.32 Å². The van der Waals surface area contributed by atoms with Crippen molar-refractivity contribution in [3.05, 3.63) is 0 Å². The van der Waals surface area contributed by atoms with Gasteiger partial charge in [-0.3, -0.25) is 4.55 Å². The highest BCUT2D eigenvalue weighted by Crippen LogP contribution is 2.01. The third-order valence-electron chi connectivity index (χ3n) is 1.25. The van der Waals surface area contributed by atoms with Crippen molar-refractivity contribution in [1.82, 2.24) is 5.32 Å². The Morgan fingerprint density at radius 3 is 2.23 bits per heavy atom. The Morgan fingerprint density at radius 2 is 1.92 bits per heavy atom. The van der Waals surface area contributed by atoms with Crippen LogP contribution in [0.1, 0.15) is 20.8 Å². The normalized spacial score (nSPS) is 15.8. The largest absolute Gasteiger partial charge is 0.309 e. The van der Waals surface area contributed by atoms with Crippen molar-refractivity contribution in [3.8, 4) is 0 Å². The van der Waals surface area contributed by atoms with Crippen LogP contribution >= 0.6 is 0 Å². The second-order valence-corrected chi connectivity index (χ2v) is 5.47. The molecular weight excluding hydrogens is 197 g/mol. The number of nitrogens with one attached hydrogen (secondary N) is 1. The lowest BCUT2D eigenvalue weighted by molar-refractivity contribution is 0.301. The minimum atomic E-state index is -4.21. The van der Waals surface area contributed by atoms with Gasteiger partial charge < -0.3 is 5.32 Å². The lowest BCUT2D eigenvalue weighted by Gasteiger charge is -2.21. The number of rotatable bonds is 4. The van der Waals surface area contributed by atoms with Gasteiger partial charge in [-0.15, -0.1) is 0 Å². The van der Waals surface area contributed by atoms with E-state index in [1.165, 1.54) is 0 Å². The summed E-state index contributed by atoms with van der Waals surface area (Å²) in [6.07, 6.45) is -1.57. The summed E-state index contributed by atoms with van der Waals surface area (Å²) in [5.41, 5.74) is -0.260. The van der Waals surface area contributed by atoms with E-state index < -0.39 is 22.0 Å². The minimum Gasteiger partial charge on any atom is -0.309 e. The van der Waals surface area contributed by atoms with E-state index in [4.69, 9.17) is 4.55 Å². The maximum Gasteiger partial charge on any atom is 0.267 e. The summed E-state index contributed by atoms with van der Waals surface area (Å²) in [6.45, 7) is 5.44. The highest BCUT2D eigenvalue weighted by Gasteiger charge is 2.18. The second kappa shape index (κ2) is 4.34. The van der Waals surface area contributed by atoms with Crippen LogP contribution in [0.2, 0.25) is 0 Å². The molecule has 2 N–H and O–H groups in total. The van der Waals surface area contributed by atoms with Crippen LogP contribution in [0.25, 0.3) is 0 Å². The van der Waals surface area contributed by atoms with Gasteiger partial charge in [0.05, 0.1) is 0 Å². The fourth-order valence-electron chi connectivity index (χ4n) is 0.704. The average Bonchev–Trinajstić information content (AvgIpc) is 1.78. The van der Waals surface area contributed by atoms with Crippen LogP contribution < -0.4 is 5.32 Å². The third-order valence-corrected chi connectivity index (χ3v) is 2.03. The fraction of sp³-hybridized carbons (Fsp3) is 1.00. The number of hydrogen-bond acceptors (Lipinski definition) is 3. The van der Waals surface area contributed by atoms with Crippen molar-refractivity contribution in [2.75, 3.05) is 12.3 Å². The Balaban J connectivity index is 3.84. The molecule has 6 heteroatoms. The van der Waals surface area contributed by atoms with Gasteiger partial charge in [0.2, 0.25) is 0 Å². The van der Waals surface area contributed by atoms with Crippen LogP contribution in [0.5, 0.6) is 0 Å². The summed E-state index contributed by atoms with van der Waals surface area (Å²) in [4.78, 5) is 0. The first-order valence-electron chi connectivity index (χ1n) is 3.94. The molecule has 0 fully saturated rings. The molecule has 0 bridgehead atoms. The Hall–Kier alpha value is -0.200. The maximum atomic E-state index is 12.8. The Kier molecular flexibility index (Phi) is 4.28. The van der Waals surface area contributed by atoms with Crippen LogP contribution in [0.4, 0.5) is 4.39 Å². The molecule has 0 radical (unpaired) electrons. The van der Waals surface area contributed by atoms with Crippen molar-refractivity contribution in [1.29, 1.82) is 0 Å². The first-order valence-corrected chi connectivity index (χ1v) is 5.55. The molecule has 13 heavy (non-hydrogen) atoms. The number of hydrogen-bond donors (Lipinski definition) is 2. The molecule has 0 aromatic carbocycles. The van der Waals surface area contributed by atoms with E-state index in [0.29, 0.717) is 0 Å². The van der Waals surface area contributed by atoms with Crippen LogP contribution in [-0.4, -0.2) is 37.0 Å². The van der Waals surface area contributed by atoms with Gasteiger partial charge in [-0.25, -0.2) is 4.39 Å². The van der Waals surface area contributed by atoms with Crippen molar-refractivity contribution in [3.63, 3.8) is 0 Å². The molecule has 0 unspecified atom stereocenters. The zero-order valence-electron chi connectivity index (χ0n) is 8.04. The monoisotopic (exact) mass is 213 g/mol. The second-order valence-electron chi connectivity index (χ2n) is 3.98. The molecular formula is C7H16FNO3S. The van der Waals surface area contributed by atoms with Gasteiger partial charge in [-0.1, -0.05) is 0 Å². The lowest BCUT2D eigenvalue weighted by atomic mass is 10.1. The van der Waals surface area contributed by atoms with Crippen LogP contribution in [0.3, 0.4) is 0 Å². The molecule has 80 valence electrons. The van der Waals surface area contributed by atoms with Crippen LogP contribution in [-0.2, 0) is 10.1 Å². The third kappa shape index (κ3) is 9.72. The Morgan fingerprint density at radius 1 is 1.46 bits per heavy atom. The van der Waals surface area contributed by atoms with Crippen molar-refractivity contribution in [2.24, 2.45) is 0 Å². The molecule has 0 saturated heterocycles. The smallest absolute Gasteiger partial charge is 0.267 e. The molecule has 0 amide bonds. The van der Waals surface area contributed by atoms with Gasteiger partial charge in [0.15, 0.2) is 0 Å². The summed E-state index contributed by atoms with van der Waals surface area (Å²) >= 11 is 0.